The number of nitrogens with zero attached hydrogens (tertiary/aromatic N) is 2. The van der Waals surface area contributed by atoms with Crippen LogP contribution < -0.4 is 15.5 Å². The van der Waals surface area contributed by atoms with Crippen LogP contribution in [0.2, 0.25) is 0 Å². The summed E-state index contributed by atoms with van der Waals surface area (Å²) < 4.78 is 0. The standard InChI is InChI=1S/C24H32N4O4/c1-5-19(29)25-16-10-11-17-15(13-16)14-24(18-9-7-6-8-12-27(17)18)20(30)26-22(32)28(21(24)31)23(2,3)4/h10-11,13,18H,5-9,12,14H2,1-4H3,(H,25,29)(H,26,30,32)/t18-,24+/m1/s1. The van der Waals surface area contributed by atoms with Crippen molar-refractivity contribution in [1.29, 1.82) is 0 Å². The number of imide groups is 2. The minimum atomic E-state index is -1.38. The number of hydrogen-bond acceptors (Lipinski definition) is 5. The summed E-state index contributed by atoms with van der Waals surface area (Å²) >= 11 is 0. The van der Waals surface area contributed by atoms with Gasteiger partial charge < -0.3 is 10.2 Å². The number of urea groups is 1. The van der Waals surface area contributed by atoms with Crippen LogP contribution >= 0.6 is 0 Å². The van der Waals surface area contributed by atoms with Crippen LogP contribution in [0.3, 0.4) is 0 Å². The molecule has 0 saturated carbocycles. The SMILES string of the molecule is CCC(=O)Nc1ccc2c(c1)C[C@@]1(C(=O)NC(=O)N(C(C)(C)C)C1=O)[C@H]1CCCCCN21. The maximum absolute atomic E-state index is 14.0. The van der Waals surface area contributed by atoms with Crippen LogP contribution in [0.25, 0.3) is 0 Å². The Hall–Kier alpha value is -2.90. The van der Waals surface area contributed by atoms with Gasteiger partial charge in [0.25, 0.3) is 0 Å². The number of fused-ring (bicyclic) bond motifs is 4. The minimum absolute atomic E-state index is 0.0980. The Bertz CT molecular complexity index is 983. The highest BCUT2D eigenvalue weighted by atomic mass is 16.2. The summed E-state index contributed by atoms with van der Waals surface area (Å²) in [6.07, 6.45) is 4.19. The van der Waals surface area contributed by atoms with Crippen LogP contribution in [-0.4, -0.2) is 46.8 Å². The molecule has 5 amide bonds. The fourth-order valence-corrected chi connectivity index (χ4v) is 5.37. The number of anilines is 2. The van der Waals surface area contributed by atoms with E-state index < -0.39 is 28.8 Å². The number of benzene rings is 1. The van der Waals surface area contributed by atoms with E-state index in [1.165, 1.54) is 4.90 Å². The lowest BCUT2D eigenvalue weighted by molar-refractivity contribution is -0.157. The monoisotopic (exact) mass is 440 g/mol. The lowest BCUT2D eigenvalue weighted by Crippen LogP contribution is -2.74. The van der Waals surface area contributed by atoms with E-state index in [4.69, 9.17) is 0 Å². The summed E-state index contributed by atoms with van der Waals surface area (Å²) in [4.78, 5) is 55.5. The molecule has 8 nitrogen and oxygen atoms in total. The first-order valence-electron chi connectivity index (χ1n) is 11.5. The zero-order valence-corrected chi connectivity index (χ0v) is 19.3. The van der Waals surface area contributed by atoms with Crippen molar-refractivity contribution in [3.63, 3.8) is 0 Å². The normalized spacial score (nSPS) is 25.8. The number of hydrogen-bond donors (Lipinski definition) is 2. The Morgan fingerprint density at radius 2 is 1.94 bits per heavy atom. The molecule has 2 N–H and O–H groups in total. The van der Waals surface area contributed by atoms with Gasteiger partial charge in [-0.25, -0.2) is 4.79 Å². The van der Waals surface area contributed by atoms with Crippen molar-refractivity contribution in [3.8, 4) is 0 Å². The van der Waals surface area contributed by atoms with Crippen molar-refractivity contribution in [2.45, 2.75) is 77.8 Å². The summed E-state index contributed by atoms with van der Waals surface area (Å²) in [6, 6.07) is 4.74. The third-order valence-electron chi connectivity index (χ3n) is 6.87. The van der Waals surface area contributed by atoms with Crippen LogP contribution in [0.4, 0.5) is 16.2 Å². The number of rotatable bonds is 2. The van der Waals surface area contributed by atoms with Crippen LogP contribution in [0.5, 0.6) is 0 Å². The minimum Gasteiger partial charge on any atom is -0.367 e. The van der Waals surface area contributed by atoms with Gasteiger partial charge in [-0.15, -0.1) is 0 Å². The van der Waals surface area contributed by atoms with E-state index >= 15 is 0 Å². The molecule has 32 heavy (non-hydrogen) atoms. The van der Waals surface area contributed by atoms with Gasteiger partial charge >= 0.3 is 6.03 Å². The average molecular weight is 441 g/mol. The fourth-order valence-electron chi connectivity index (χ4n) is 5.37. The Morgan fingerprint density at radius 3 is 2.62 bits per heavy atom. The van der Waals surface area contributed by atoms with E-state index in [9.17, 15) is 19.2 Å². The van der Waals surface area contributed by atoms with Gasteiger partial charge in [0, 0.05) is 29.9 Å². The van der Waals surface area contributed by atoms with E-state index in [0.717, 1.165) is 37.1 Å². The molecule has 2 saturated heterocycles. The van der Waals surface area contributed by atoms with Gasteiger partial charge in [0.15, 0.2) is 5.41 Å². The smallest absolute Gasteiger partial charge is 0.331 e. The molecule has 3 aliphatic rings. The second-order valence-electron chi connectivity index (χ2n) is 10.0. The zero-order valence-electron chi connectivity index (χ0n) is 19.3. The lowest BCUT2D eigenvalue weighted by atomic mass is 9.67. The molecule has 2 atom stereocenters. The highest BCUT2D eigenvalue weighted by Gasteiger charge is 2.63. The Balaban J connectivity index is 1.86. The number of nitrogens with one attached hydrogen (secondary N) is 2. The lowest BCUT2D eigenvalue weighted by Gasteiger charge is -2.53. The van der Waals surface area contributed by atoms with Crippen LogP contribution in [0.15, 0.2) is 18.2 Å². The molecular weight excluding hydrogens is 408 g/mol. The molecule has 172 valence electrons. The molecule has 0 aromatic heterocycles. The average Bonchev–Trinajstić information content (AvgIpc) is 2.97. The molecule has 0 bridgehead atoms. The molecule has 1 aromatic rings. The van der Waals surface area contributed by atoms with Crippen molar-refractivity contribution in [3.05, 3.63) is 23.8 Å². The molecule has 3 aliphatic heterocycles. The molecule has 0 unspecified atom stereocenters. The molecule has 0 aliphatic carbocycles. The first-order chi connectivity index (χ1) is 15.1. The molecule has 0 radical (unpaired) electrons. The third-order valence-corrected chi connectivity index (χ3v) is 6.87. The van der Waals surface area contributed by atoms with Crippen molar-refractivity contribution in [2.24, 2.45) is 5.41 Å². The quantitative estimate of drug-likeness (QED) is 0.688. The fraction of sp³-hybridized carbons (Fsp3) is 0.583. The summed E-state index contributed by atoms with van der Waals surface area (Å²) in [7, 11) is 0. The summed E-state index contributed by atoms with van der Waals surface area (Å²) in [5.74, 6) is -1.04. The van der Waals surface area contributed by atoms with E-state index in [1.807, 2.05) is 18.2 Å². The molecule has 1 spiro atoms. The molecular formula is C24H32N4O4. The van der Waals surface area contributed by atoms with Crippen LogP contribution in [0, 0.1) is 5.41 Å². The van der Waals surface area contributed by atoms with Crippen LogP contribution in [-0.2, 0) is 20.8 Å². The molecule has 4 rings (SSSR count). The van der Waals surface area contributed by atoms with Crippen molar-refractivity contribution in [1.82, 2.24) is 10.2 Å². The van der Waals surface area contributed by atoms with Crippen LogP contribution in [0.1, 0.15) is 65.4 Å². The van der Waals surface area contributed by atoms with E-state index in [2.05, 4.69) is 15.5 Å². The highest BCUT2D eigenvalue weighted by molar-refractivity contribution is 6.20. The first-order valence-corrected chi connectivity index (χ1v) is 11.5. The van der Waals surface area contributed by atoms with Gasteiger partial charge in [0.05, 0.1) is 6.04 Å². The van der Waals surface area contributed by atoms with Gasteiger partial charge in [0.1, 0.15) is 0 Å². The maximum Gasteiger partial charge on any atom is 0.331 e. The molecule has 2 fully saturated rings. The molecule has 8 heteroatoms. The predicted molar refractivity (Wildman–Crippen MR) is 121 cm³/mol. The van der Waals surface area contributed by atoms with Crippen molar-refractivity contribution < 1.29 is 19.2 Å². The topological polar surface area (TPSA) is 98.8 Å². The van der Waals surface area contributed by atoms with E-state index in [-0.39, 0.29) is 18.4 Å². The molecule has 1 aromatic carbocycles. The number of barbiturate groups is 1. The Kier molecular flexibility index (Phi) is 5.51. The van der Waals surface area contributed by atoms with Gasteiger partial charge in [-0.3, -0.25) is 24.6 Å². The second kappa shape index (κ2) is 7.90. The molecule has 3 heterocycles. The Morgan fingerprint density at radius 1 is 1.19 bits per heavy atom. The van der Waals surface area contributed by atoms with Gasteiger partial charge in [-0.1, -0.05) is 19.8 Å². The van der Waals surface area contributed by atoms with Gasteiger partial charge in [0.2, 0.25) is 17.7 Å². The maximum atomic E-state index is 14.0. The predicted octanol–water partition coefficient (Wildman–Crippen LogP) is 3.20. The van der Waals surface area contributed by atoms with Gasteiger partial charge in [-0.2, -0.15) is 0 Å². The Labute approximate surface area is 188 Å². The van der Waals surface area contributed by atoms with Crippen molar-refractivity contribution >= 4 is 35.1 Å². The summed E-state index contributed by atoms with van der Waals surface area (Å²) in [5.41, 5.74) is 0.333. The zero-order chi connectivity index (χ0) is 23.3. The van der Waals surface area contributed by atoms with Gasteiger partial charge in [-0.05, 0) is 63.8 Å². The third kappa shape index (κ3) is 3.45. The summed E-state index contributed by atoms with van der Waals surface area (Å²) in [6.45, 7) is 7.92. The van der Waals surface area contributed by atoms with Crippen molar-refractivity contribution in [2.75, 3.05) is 16.8 Å². The van der Waals surface area contributed by atoms with E-state index in [1.54, 1.807) is 27.7 Å². The van der Waals surface area contributed by atoms with E-state index in [0.29, 0.717) is 18.5 Å². The number of carbonyl (C=O) groups is 4. The number of amides is 5. The largest absolute Gasteiger partial charge is 0.367 e. The highest BCUT2D eigenvalue weighted by Crippen LogP contribution is 2.48. The summed E-state index contributed by atoms with van der Waals surface area (Å²) in [5, 5.41) is 5.37. The second-order valence-corrected chi connectivity index (χ2v) is 10.0. The number of carbonyl (C=O) groups excluding carboxylic acids is 4. The first kappa shape index (κ1) is 22.3.